The average molecular weight is 274 g/mol. The molecule has 0 atom stereocenters. The normalized spacial score (nSPS) is 9.85. The zero-order valence-corrected chi connectivity index (χ0v) is 10.0. The molecule has 100 valence electrons. The number of nitrogens with zero attached hydrogens (tertiary/aromatic N) is 2. The summed E-state index contributed by atoms with van der Waals surface area (Å²) in [4.78, 5) is 15.4. The molecule has 20 heavy (non-hydrogen) atoms. The Morgan fingerprint density at radius 2 is 2.10 bits per heavy atom. The van der Waals surface area contributed by atoms with Gasteiger partial charge in [0.15, 0.2) is 11.6 Å². The molecule has 0 aliphatic rings. The summed E-state index contributed by atoms with van der Waals surface area (Å²) in [7, 11) is 0. The maximum Gasteiger partial charge on any atom is 0.258 e. The van der Waals surface area contributed by atoms with Crippen molar-refractivity contribution in [3.05, 3.63) is 53.2 Å². The Balaban J connectivity index is 2.36. The van der Waals surface area contributed by atoms with Crippen molar-refractivity contribution in [3.8, 4) is 6.07 Å². The quantitative estimate of drug-likeness (QED) is 0.876. The van der Waals surface area contributed by atoms with E-state index in [0.29, 0.717) is 0 Å². The molecule has 0 fully saturated rings. The van der Waals surface area contributed by atoms with Gasteiger partial charge in [0.2, 0.25) is 0 Å². The highest BCUT2D eigenvalue weighted by Crippen LogP contribution is 2.20. The number of halogens is 2. The summed E-state index contributed by atoms with van der Waals surface area (Å²) in [5.41, 5.74) is 4.53. The van der Waals surface area contributed by atoms with E-state index >= 15 is 0 Å². The molecule has 1 heterocycles. The fourth-order valence-corrected chi connectivity index (χ4v) is 1.57. The van der Waals surface area contributed by atoms with E-state index in [1.54, 1.807) is 6.07 Å². The predicted octanol–water partition coefficient (Wildman–Crippen LogP) is 2.07. The number of anilines is 2. The van der Waals surface area contributed by atoms with Gasteiger partial charge in [-0.25, -0.2) is 13.8 Å². The molecule has 0 spiro atoms. The van der Waals surface area contributed by atoms with Crippen molar-refractivity contribution < 1.29 is 13.6 Å². The SMILES string of the molecule is N#Cc1c(F)cccc1NC(=O)c1ccnc(N)c1F. The van der Waals surface area contributed by atoms with E-state index in [-0.39, 0.29) is 16.8 Å². The van der Waals surface area contributed by atoms with Crippen LogP contribution in [0.25, 0.3) is 0 Å². The van der Waals surface area contributed by atoms with Gasteiger partial charge in [0, 0.05) is 6.20 Å². The van der Waals surface area contributed by atoms with Crippen LogP contribution in [0.4, 0.5) is 20.3 Å². The Morgan fingerprint density at radius 1 is 1.35 bits per heavy atom. The second-order valence-electron chi connectivity index (χ2n) is 3.79. The molecule has 1 amide bonds. The number of amides is 1. The first kappa shape index (κ1) is 13.4. The van der Waals surface area contributed by atoms with Gasteiger partial charge in [0.05, 0.1) is 11.3 Å². The van der Waals surface area contributed by atoms with Crippen LogP contribution in [-0.4, -0.2) is 10.9 Å². The van der Waals surface area contributed by atoms with Crippen molar-refractivity contribution in [2.24, 2.45) is 0 Å². The van der Waals surface area contributed by atoms with Crippen LogP contribution in [0.5, 0.6) is 0 Å². The number of carbonyl (C=O) groups excluding carboxylic acids is 1. The average Bonchev–Trinajstić information content (AvgIpc) is 2.42. The molecule has 7 heteroatoms. The highest BCUT2D eigenvalue weighted by molar-refractivity contribution is 6.05. The summed E-state index contributed by atoms with van der Waals surface area (Å²) in [5.74, 6) is -3.02. The highest BCUT2D eigenvalue weighted by Gasteiger charge is 2.17. The van der Waals surface area contributed by atoms with Crippen molar-refractivity contribution in [1.29, 1.82) is 5.26 Å². The number of nitrogens with two attached hydrogens (primary N) is 1. The molecule has 5 nitrogen and oxygen atoms in total. The molecule has 3 N–H and O–H groups in total. The number of hydrogen-bond donors (Lipinski definition) is 2. The van der Waals surface area contributed by atoms with Crippen molar-refractivity contribution in [1.82, 2.24) is 4.98 Å². The van der Waals surface area contributed by atoms with E-state index in [9.17, 15) is 13.6 Å². The molecule has 1 aromatic heterocycles. The molecule has 0 unspecified atom stereocenters. The Morgan fingerprint density at radius 3 is 2.80 bits per heavy atom. The van der Waals surface area contributed by atoms with Gasteiger partial charge in [0.1, 0.15) is 17.4 Å². The van der Waals surface area contributed by atoms with E-state index in [1.165, 1.54) is 18.3 Å². The van der Waals surface area contributed by atoms with Gasteiger partial charge in [-0.1, -0.05) is 6.07 Å². The largest absolute Gasteiger partial charge is 0.381 e. The number of hydrogen-bond acceptors (Lipinski definition) is 4. The van der Waals surface area contributed by atoms with Crippen LogP contribution >= 0.6 is 0 Å². The van der Waals surface area contributed by atoms with E-state index in [4.69, 9.17) is 11.0 Å². The van der Waals surface area contributed by atoms with Crippen LogP contribution in [0.15, 0.2) is 30.5 Å². The van der Waals surface area contributed by atoms with Gasteiger partial charge in [-0.3, -0.25) is 4.79 Å². The maximum absolute atomic E-state index is 13.6. The molecule has 0 aliphatic carbocycles. The van der Waals surface area contributed by atoms with Gasteiger partial charge >= 0.3 is 0 Å². The van der Waals surface area contributed by atoms with E-state index < -0.39 is 23.4 Å². The molecule has 1 aromatic carbocycles. The fourth-order valence-electron chi connectivity index (χ4n) is 1.57. The molecule has 0 radical (unpaired) electrons. The Hall–Kier alpha value is -3.01. The second-order valence-corrected chi connectivity index (χ2v) is 3.79. The van der Waals surface area contributed by atoms with Crippen molar-refractivity contribution in [3.63, 3.8) is 0 Å². The lowest BCUT2D eigenvalue weighted by molar-refractivity contribution is 0.102. The molecule has 0 aliphatic heterocycles. The number of benzene rings is 1. The number of pyridine rings is 1. The summed E-state index contributed by atoms with van der Waals surface area (Å²) in [6.45, 7) is 0. The maximum atomic E-state index is 13.6. The van der Waals surface area contributed by atoms with Gasteiger partial charge in [0.25, 0.3) is 5.91 Å². The topological polar surface area (TPSA) is 91.8 Å². The number of nitrogen functional groups attached to an aromatic ring is 1. The van der Waals surface area contributed by atoms with Crippen LogP contribution in [0.1, 0.15) is 15.9 Å². The van der Waals surface area contributed by atoms with Crippen LogP contribution in [-0.2, 0) is 0 Å². The minimum atomic E-state index is -0.972. The number of carbonyl (C=O) groups is 1. The van der Waals surface area contributed by atoms with Crippen molar-refractivity contribution >= 4 is 17.4 Å². The summed E-state index contributed by atoms with van der Waals surface area (Å²) >= 11 is 0. The van der Waals surface area contributed by atoms with Gasteiger partial charge in [-0.15, -0.1) is 0 Å². The van der Waals surface area contributed by atoms with Gasteiger partial charge < -0.3 is 11.1 Å². The highest BCUT2D eigenvalue weighted by atomic mass is 19.1. The molecular weight excluding hydrogens is 266 g/mol. The van der Waals surface area contributed by atoms with E-state index in [2.05, 4.69) is 10.3 Å². The third kappa shape index (κ3) is 2.40. The monoisotopic (exact) mass is 274 g/mol. The zero-order valence-electron chi connectivity index (χ0n) is 10.0. The molecule has 2 rings (SSSR count). The fraction of sp³-hybridized carbons (Fsp3) is 0. The van der Waals surface area contributed by atoms with Crippen molar-refractivity contribution in [2.45, 2.75) is 0 Å². The zero-order chi connectivity index (χ0) is 14.7. The molecule has 0 saturated carbocycles. The minimum absolute atomic E-state index is 0.0488. The molecular formula is C13H8F2N4O. The summed E-state index contributed by atoms with van der Waals surface area (Å²) in [6, 6.07) is 6.50. The Kier molecular flexibility index (Phi) is 3.57. The third-order valence-electron chi connectivity index (χ3n) is 2.53. The molecule has 0 bridgehead atoms. The summed E-state index contributed by atoms with van der Waals surface area (Å²) in [6.07, 6.45) is 1.17. The minimum Gasteiger partial charge on any atom is -0.381 e. The lowest BCUT2D eigenvalue weighted by Crippen LogP contribution is -2.16. The lowest BCUT2D eigenvalue weighted by atomic mass is 10.1. The van der Waals surface area contributed by atoms with Gasteiger partial charge in [-0.2, -0.15) is 5.26 Å². The number of aromatic nitrogens is 1. The lowest BCUT2D eigenvalue weighted by Gasteiger charge is -2.08. The second kappa shape index (κ2) is 5.32. The Bertz CT molecular complexity index is 725. The van der Waals surface area contributed by atoms with E-state index in [0.717, 1.165) is 12.1 Å². The Labute approximate surface area is 112 Å². The number of nitriles is 1. The summed E-state index contributed by atoms with van der Waals surface area (Å²) in [5, 5.41) is 11.1. The summed E-state index contributed by atoms with van der Waals surface area (Å²) < 4.78 is 27.0. The smallest absolute Gasteiger partial charge is 0.258 e. The molecule has 2 aromatic rings. The van der Waals surface area contributed by atoms with Crippen LogP contribution in [0, 0.1) is 23.0 Å². The predicted molar refractivity (Wildman–Crippen MR) is 67.7 cm³/mol. The first-order chi connectivity index (χ1) is 9.54. The van der Waals surface area contributed by atoms with E-state index in [1.807, 2.05) is 0 Å². The standard InChI is InChI=1S/C13H8F2N4O/c14-9-2-1-3-10(8(9)6-16)19-13(20)7-4-5-18-12(17)11(7)15/h1-5H,(H2,17,18)(H,19,20). The van der Waals surface area contributed by atoms with Crippen LogP contribution < -0.4 is 11.1 Å². The van der Waals surface area contributed by atoms with Crippen molar-refractivity contribution in [2.75, 3.05) is 11.1 Å². The number of rotatable bonds is 2. The van der Waals surface area contributed by atoms with Crippen LogP contribution in [0.3, 0.4) is 0 Å². The van der Waals surface area contributed by atoms with Gasteiger partial charge in [-0.05, 0) is 18.2 Å². The first-order valence-electron chi connectivity index (χ1n) is 5.44. The molecule has 0 saturated heterocycles. The number of nitrogens with one attached hydrogen (secondary N) is 1. The van der Waals surface area contributed by atoms with Crippen LogP contribution in [0.2, 0.25) is 0 Å². The first-order valence-corrected chi connectivity index (χ1v) is 5.44. The third-order valence-corrected chi connectivity index (χ3v) is 2.53.